The molecule has 98 valence electrons. The molecule has 17 heavy (non-hydrogen) atoms. The van der Waals surface area contributed by atoms with E-state index in [-0.39, 0.29) is 11.9 Å². The first-order chi connectivity index (χ1) is 8.29. The SMILES string of the molecule is CSC1CCC(NC(=O)C2CSCCN2)CC1. The van der Waals surface area contributed by atoms with Crippen molar-refractivity contribution in [2.75, 3.05) is 24.3 Å². The maximum absolute atomic E-state index is 12.0. The van der Waals surface area contributed by atoms with Gasteiger partial charge in [-0.3, -0.25) is 4.79 Å². The number of amides is 1. The van der Waals surface area contributed by atoms with Gasteiger partial charge in [-0.15, -0.1) is 0 Å². The number of hydrogen-bond acceptors (Lipinski definition) is 4. The van der Waals surface area contributed by atoms with E-state index >= 15 is 0 Å². The number of hydrogen-bond donors (Lipinski definition) is 2. The van der Waals surface area contributed by atoms with Gasteiger partial charge in [-0.25, -0.2) is 0 Å². The Bertz CT molecular complexity index is 249. The van der Waals surface area contributed by atoms with Gasteiger partial charge in [0.05, 0.1) is 6.04 Å². The van der Waals surface area contributed by atoms with Crippen LogP contribution in [0.5, 0.6) is 0 Å². The summed E-state index contributed by atoms with van der Waals surface area (Å²) in [5.41, 5.74) is 0. The minimum absolute atomic E-state index is 0.0343. The third-order valence-electron chi connectivity index (χ3n) is 3.59. The first kappa shape index (κ1) is 13.6. The number of thioether (sulfide) groups is 2. The number of carbonyl (C=O) groups is 1. The zero-order valence-electron chi connectivity index (χ0n) is 10.4. The normalized spacial score (nSPS) is 34.3. The lowest BCUT2D eigenvalue weighted by atomic mass is 9.95. The van der Waals surface area contributed by atoms with Crippen LogP contribution in [-0.2, 0) is 4.79 Å². The standard InChI is InChI=1S/C12H22N2OS2/c1-16-10-4-2-9(3-5-10)14-12(15)11-8-17-7-6-13-11/h9-11,13H,2-8H2,1H3,(H,14,15). The Labute approximate surface area is 112 Å². The van der Waals surface area contributed by atoms with E-state index in [2.05, 4.69) is 16.9 Å². The molecular formula is C12H22N2OS2. The van der Waals surface area contributed by atoms with Gasteiger partial charge in [-0.05, 0) is 31.9 Å². The zero-order chi connectivity index (χ0) is 12.1. The molecule has 1 unspecified atom stereocenters. The van der Waals surface area contributed by atoms with Crippen molar-refractivity contribution in [2.24, 2.45) is 0 Å². The maximum atomic E-state index is 12.0. The summed E-state index contributed by atoms with van der Waals surface area (Å²) in [7, 11) is 0. The van der Waals surface area contributed by atoms with Crippen LogP contribution in [0.15, 0.2) is 0 Å². The van der Waals surface area contributed by atoms with Crippen LogP contribution >= 0.6 is 23.5 Å². The summed E-state index contributed by atoms with van der Waals surface area (Å²) in [6.45, 7) is 0.960. The van der Waals surface area contributed by atoms with Crippen LogP contribution < -0.4 is 10.6 Å². The van der Waals surface area contributed by atoms with E-state index in [9.17, 15) is 4.79 Å². The Balaban J connectivity index is 1.71. The Morgan fingerprint density at radius 1 is 1.35 bits per heavy atom. The highest BCUT2D eigenvalue weighted by atomic mass is 32.2. The van der Waals surface area contributed by atoms with Crippen molar-refractivity contribution in [3.63, 3.8) is 0 Å². The summed E-state index contributed by atoms with van der Waals surface area (Å²) in [5.74, 6) is 2.26. The molecular weight excluding hydrogens is 252 g/mol. The molecule has 2 aliphatic rings. The van der Waals surface area contributed by atoms with Gasteiger partial charge in [0.25, 0.3) is 0 Å². The highest BCUT2D eigenvalue weighted by Gasteiger charge is 2.26. The second-order valence-corrected chi connectivity index (χ2v) is 7.09. The van der Waals surface area contributed by atoms with Crippen molar-refractivity contribution < 1.29 is 4.79 Å². The number of rotatable bonds is 3. The zero-order valence-corrected chi connectivity index (χ0v) is 12.0. The van der Waals surface area contributed by atoms with Crippen molar-refractivity contribution in [2.45, 2.75) is 43.0 Å². The number of carbonyl (C=O) groups excluding carboxylic acids is 1. The first-order valence-corrected chi connectivity index (χ1v) is 8.88. The average molecular weight is 274 g/mol. The highest BCUT2D eigenvalue weighted by molar-refractivity contribution is 7.99. The summed E-state index contributed by atoms with van der Waals surface area (Å²) in [6, 6.07) is 0.451. The van der Waals surface area contributed by atoms with Crippen molar-refractivity contribution in [1.82, 2.24) is 10.6 Å². The first-order valence-electron chi connectivity index (χ1n) is 6.44. The molecule has 0 bridgehead atoms. The summed E-state index contributed by atoms with van der Waals surface area (Å²) >= 11 is 3.84. The Morgan fingerprint density at radius 2 is 2.12 bits per heavy atom. The molecule has 1 atom stereocenters. The average Bonchev–Trinajstić information content (AvgIpc) is 2.40. The molecule has 0 aromatic heterocycles. The van der Waals surface area contributed by atoms with Crippen LogP contribution in [0.3, 0.4) is 0 Å². The Hall–Kier alpha value is 0.130. The van der Waals surface area contributed by atoms with Gasteiger partial charge in [-0.1, -0.05) is 0 Å². The molecule has 1 aliphatic carbocycles. The van der Waals surface area contributed by atoms with Gasteiger partial charge in [-0.2, -0.15) is 23.5 Å². The molecule has 1 aliphatic heterocycles. The Kier molecular flexibility index (Phi) is 5.50. The highest BCUT2D eigenvalue weighted by Crippen LogP contribution is 2.26. The Morgan fingerprint density at radius 3 is 2.71 bits per heavy atom. The summed E-state index contributed by atoms with van der Waals surface area (Å²) in [6.07, 6.45) is 6.99. The van der Waals surface area contributed by atoms with Crippen molar-refractivity contribution >= 4 is 29.4 Å². The van der Waals surface area contributed by atoms with Crippen LogP contribution in [0.1, 0.15) is 25.7 Å². The lowest BCUT2D eigenvalue weighted by molar-refractivity contribution is -0.123. The predicted octanol–water partition coefficient (Wildman–Crippen LogP) is 1.48. The topological polar surface area (TPSA) is 41.1 Å². The predicted molar refractivity (Wildman–Crippen MR) is 76.8 cm³/mol. The molecule has 0 aromatic rings. The van der Waals surface area contributed by atoms with Gasteiger partial charge in [0.1, 0.15) is 0 Å². The lowest BCUT2D eigenvalue weighted by Crippen LogP contribution is -2.52. The van der Waals surface area contributed by atoms with E-state index in [0.29, 0.717) is 6.04 Å². The molecule has 1 saturated carbocycles. The van der Waals surface area contributed by atoms with Crippen molar-refractivity contribution in [3.05, 3.63) is 0 Å². The second-order valence-electron chi connectivity index (χ2n) is 4.80. The summed E-state index contributed by atoms with van der Waals surface area (Å²) < 4.78 is 0. The minimum atomic E-state index is 0.0343. The fourth-order valence-corrected chi connectivity index (χ4v) is 4.16. The fourth-order valence-electron chi connectivity index (χ4n) is 2.48. The molecule has 2 N–H and O–H groups in total. The summed E-state index contributed by atoms with van der Waals surface area (Å²) in [4.78, 5) is 12.0. The molecule has 0 spiro atoms. The fraction of sp³-hybridized carbons (Fsp3) is 0.917. The lowest BCUT2D eigenvalue weighted by Gasteiger charge is -2.30. The van der Waals surface area contributed by atoms with Crippen molar-refractivity contribution in [1.29, 1.82) is 0 Å². The van der Waals surface area contributed by atoms with Gasteiger partial charge in [0, 0.05) is 29.3 Å². The smallest absolute Gasteiger partial charge is 0.238 e. The summed E-state index contributed by atoms with van der Waals surface area (Å²) in [5, 5.41) is 7.31. The molecule has 2 fully saturated rings. The van der Waals surface area contributed by atoms with Gasteiger partial charge in [0.15, 0.2) is 0 Å². The monoisotopic (exact) mass is 274 g/mol. The molecule has 2 rings (SSSR count). The quantitative estimate of drug-likeness (QED) is 0.818. The van der Waals surface area contributed by atoms with E-state index in [1.807, 2.05) is 23.5 Å². The van der Waals surface area contributed by atoms with Crippen LogP contribution in [0.25, 0.3) is 0 Å². The number of nitrogens with one attached hydrogen (secondary N) is 2. The van der Waals surface area contributed by atoms with E-state index in [0.717, 1.165) is 36.1 Å². The van der Waals surface area contributed by atoms with E-state index < -0.39 is 0 Å². The largest absolute Gasteiger partial charge is 0.352 e. The molecule has 1 heterocycles. The van der Waals surface area contributed by atoms with Crippen LogP contribution in [0.2, 0.25) is 0 Å². The maximum Gasteiger partial charge on any atom is 0.238 e. The van der Waals surface area contributed by atoms with Crippen LogP contribution in [-0.4, -0.2) is 47.5 Å². The molecule has 5 heteroatoms. The third kappa shape index (κ3) is 4.07. The van der Waals surface area contributed by atoms with Gasteiger partial charge < -0.3 is 10.6 Å². The van der Waals surface area contributed by atoms with Gasteiger partial charge in [0.2, 0.25) is 5.91 Å². The van der Waals surface area contributed by atoms with Crippen LogP contribution in [0, 0.1) is 0 Å². The van der Waals surface area contributed by atoms with E-state index in [1.165, 1.54) is 12.8 Å². The molecule has 0 aromatic carbocycles. The molecule has 0 radical (unpaired) electrons. The van der Waals surface area contributed by atoms with E-state index in [4.69, 9.17) is 0 Å². The molecule has 1 saturated heterocycles. The minimum Gasteiger partial charge on any atom is -0.352 e. The van der Waals surface area contributed by atoms with Crippen molar-refractivity contribution in [3.8, 4) is 0 Å². The van der Waals surface area contributed by atoms with Gasteiger partial charge >= 0.3 is 0 Å². The van der Waals surface area contributed by atoms with Crippen LogP contribution in [0.4, 0.5) is 0 Å². The third-order valence-corrected chi connectivity index (χ3v) is 5.79. The molecule has 3 nitrogen and oxygen atoms in total. The van der Waals surface area contributed by atoms with E-state index in [1.54, 1.807) is 0 Å². The molecule has 1 amide bonds. The second kappa shape index (κ2) is 6.90.